The number of nitrogens with zero attached hydrogens (tertiary/aromatic N) is 3. The number of carbonyl (C=O) groups excluding carboxylic acids is 1. The van der Waals surface area contributed by atoms with Crippen LogP contribution in [0.1, 0.15) is 57.0 Å². The summed E-state index contributed by atoms with van der Waals surface area (Å²) in [5.74, 6) is -0.00207. The Bertz CT molecular complexity index is 1280. The molecule has 0 atom stereocenters. The minimum Gasteiger partial charge on any atom is -0.460 e. The molecule has 0 bridgehead atoms. The quantitative estimate of drug-likeness (QED) is 0.229. The monoisotopic (exact) mass is 489 g/mol. The Kier molecular flexibility index (Phi) is 7.72. The van der Waals surface area contributed by atoms with Gasteiger partial charge in [0.2, 0.25) is 0 Å². The maximum Gasteiger partial charge on any atom is 0.416 e. The summed E-state index contributed by atoms with van der Waals surface area (Å²) in [6.45, 7) is 5.26. The summed E-state index contributed by atoms with van der Waals surface area (Å²) in [6, 6.07) is 9.00. The third-order valence-electron chi connectivity index (χ3n) is 5.15. The van der Waals surface area contributed by atoms with E-state index in [1.54, 1.807) is 32.9 Å². The first-order valence-electron chi connectivity index (χ1n) is 11.1. The standard InChI is InChI=1S/C25H26F3N3O4/c1-24(2,3)35-22(32)7-5-4-6-21-30-20-14-16(15-29-34)8-13-19(20)23(33)31(21)18-11-9-17(10-12-18)25(26,27)28/h8-14H,4-7,15H2,1-3H3. The number of rotatable bonds is 8. The number of ether oxygens (including phenoxy) is 1. The first-order valence-corrected chi connectivity index (χ1v) is 11.1. The number of esters is 1. The zero-order valence-corrected chi connectivity index (χ0v) is 19.7. The summed E-state index contributed by atoms with van der Waals surface area (Å²) < 4.78 is 45.6. The Hall–Kier alpha value is -3.56. The lowest BCUT2D eigenvalue weighted by Crippen LogP contribution is -2.25. The molecule has 0 spiro atoms. The fourth-order valence-corrected chi connectivity index (χ4v) is 3.63. The molecule has 10 heteroatoms. The number of aryl methyl sites for hydroxylation is 1. The molecule has 1 aromatic heterocycles. The van der Waals surface area contributed by atoms with Gasteiger partial charge in [0.1, 0.15) is 18.0 Å². The van der Waals surface area contributed by atoms with Crippen molar-refractivity contribution in [3.8, 4) is 5.69 Å². The Labute approximate surface area is 199 Å². The van der Waals surface area contributed by atoms with Crippen LogP contribution in [0.2, 0.25) is 0 Å². The zero-order chi connectivity index (χ0) is 25.8. The van der Waals surface area contributed by atoms with E-state index in [1.165, 1.54) is 22.8 Å². The Balaban J connectivity index is 1.96. The molecular formula is C25H26F3N3O4. The molecule has 0 aliphatic heterocycles. The molecule has 3 aromatic rings. The van der Waals surface area contributed by atoms with Crippen LogP contribution in [0.4, 0.5) is 13.2 Å². The van der Waals surface area contributed by atoms with E-state index in [1.807, 2.05) is 0 Å². The topological polar surface area (TPSA) is 90.6 Å². The summed E-state index contributed by atoms with van der Waals surface area (Å²) in [4.78, 5) is 40.5. The molecule has 2 aromatic carbocycles. The number of carbonyl (C=O) groups is 1. The number of benzene rings is 2. The summed E-state index contributed by atoms with van der Waals surface area (Å²) in [7, 11) is 0. The number of alkyl halides is 3. The Morgan fingerprint density at radius 1 is 1.06 bits per heavy atom. The van der Waals surface area contributed by atoms with E-state index in [0.717, 1.165) is 12.1 Å². The highest BCUT2D eigenvalue weighted by atomic mass is 19.4. The largest absolute Gasteiger partial charge is 0.460 e. The molecule has 0 saturated carbocycles. The van der Waals surface area contributed by atoms with Crippen LogP contribution in [0.25, 0.3) is 16.6 Å². The second-order valence-electron chi connectivity index (χ2n) is 9.15. The Morgan fingerprint density at radius 3 is 2.34 bits per heavy atom. The molecule has 35 heavy (non-hydrogen) atoms. The number of hydrogen-bond acceptors (Lipinski definition) is 6. The first kappa shape index (κ1) is 26.1. The minimum absolute atomic E-state index is 0.0785. The number of aromatic nitrogens is 2. The van der Waals surface area contributed by atoms with E-state index in [4.69, 9.17) is 4.74 Å². The van der Waals surface area contributed by atoms with Gasteiger partial charge in [0.05, 0.1) is 22.2 Å². The molecule has 0 radical (unpaired) electrons. The van der Waals surface area contributed by atoms with Crippen LogP contribution < -0.4 is 5.56 Å². The molecule has 0 saturated heterocycles. The summed E-state index contributed by atoms with van der Waals surface area (Å²) in [6.07, 6.45) is -3.05. The molecule has 0 aliphatic rings. The SMILES string of the molecule is CC(C)(C)OC(=O)CCCCc1nc2cc(CN=O)ccc2c(=O)n1-c1ccc(C(F)(F)F)cc1. The van der Waals surface area contributed by atoms with Gasteiger partial charge in [-0.3, -0.25) is 14.2 Å². The fraction of sp³-hybridized carbons (Fsp3) is 0.400. The molecule has 7 nitrogen and oxygen atoms in total. The van der Waals surface area contributed by atoms with E-state index in [0.29, 0.717) is 36.2 Å². The van der Waals surface area contributed by atoms with Gasteiger partial charge in [-0.25, -0.2) is 4.98 Å². The van der Waals surface area contributed by atoms with Gasteiger partial charge in [-0.1, -0.05) is 11.2 Å². The first-order chi connectivity index (χ1) is 16.4. The maximum absolute atomic E-state index is 13.3. The van der Waals surface area contributed by atoms with Gasteiger partial charge in [-0.05, 0) is 75.6 Å². The minimum atomic E-state index is -4.50. The lowest BCUT2D eigenvalue weighted by atomic mass is 10.1. The average Bonchev–Trinajstić information content (AvgIpc) is 2.75. The predicted octanol–water partition coefficient (Wildman–Crippen LogP) is 5.73. The lowest BCUT2D eigenvalue weighted by molar-refractivity contribution is -0.155. The zero-order valence-electron chi connectivity index (χ0n) is 19.7. The van der Waals surface area contributed by atoms with Crippen LogP contribution in [0.3, 0.4) is 0 Å². The summed E-state index contributed by atoms with van der Waals surface area (Å²) >= 11 is 0. The highest BCUT2D eigenvalue weighted by Crippen LogP contribution is 2.29. The fourth-order valence-electron chi connectivity index (χ4n) is 3.63. The van der Waals surface area contributed by atoms with E-state index < -0.39 is 22.9 Å². The highest BCUT2D eigenvalue weighted by Gasteiger charge is 2.30. The molecule has 0 amide bonds. The second kappa shape index (κ2) is 10.4. The number of fused-ring (bicyclic) bond motifs is 1. The molecule has 186 valence electrons. The van der Waals surface area contributed by atoms with Crippen molar-refractivity contribution in [2.75, 3.05) is 0 Å². The van der Waals surface area contributed by atoms with E-state index in [9.17, 15) is 27.7 Å². The van der Waals surface area contributed by atoms with Crippen molar-refractivity contribution >= 4 is 16.9 Å². The van der Waals surface area contributed by atoms with Crippen molar-refractivity contribution in [2.24, 2.45) is 5.18 Å². The van der Waals surface area contributed by atoms with Gasteiger partial charge < -0.3 is 4.74 Å². The van der Waals surface area contributed by atoms with Crippen molar-refractivity contribution in [3.05, 3.63) is 74.7 Å². The molecule has 1 heterocycles. The van der Waals surface area contributed by atoms with Crippen LogP contribution in [0, 0.1) is 4.91 Å². The van der Waals surface area contributed by atoms with Gasteiger partial charge in [0, 0.05) is 12.8 Å². The van der Waals surface area contributed by atoms with Gasteiger partial charge in [-0.2, -0.15) is 18.1 Å². The molecule has 0 aliphatic carbocycles. The number of halogens is 3. The van der Waals surface area contributed by atoms with E-state index in [2.05, 4.69) is 10.2 Å². The number of unbranched alkanes of at least 4 members (excludes halogenated alkanes) is 1. The lowest BCUT2D eigenvalue weighted by Gasteiger charge is -2.19. The molecule has 0 fully saturated rings. The van der Waals surface area contributed by atoms with Gasteiger partial charge in [0.15, 0.2) is 0 Å². The predicted molar refractivity (Wildman–Crippen MR) is 125 cm³/mol. The summed E-state index contributed by atoms with van der Waals surface area (Å²) in [5, 5.41) is 3.12. The third-order valence-corrected chi connectivity index (χ3v) is 5.15. The molecule has 0 N–H and O–H groups in total. The van der Waals surface area contributed by atoms with Crippen molar-refractivity contribution in [1.29, 1.82) is 0 Å². The van der Waals surface area contributed by atoms with Crippen LogP contribution in [0.5, 0.6) is 0 Å². The van der Waals surface area contributed by atoms with Crippen LogP contribution in [0.15, 0.2) is 52.4 Å². The van der Waals surface area contributed by atoms with E-state index >= 15 is 0 Å². The van der Waals surface area contributed by atoms with Crippen LogP contribution >= 0.6 is 0 Å². The average molecular weight is 489 g/mol. The molecule has 0 unspecified atom stereocenters. The van der Waals surface area contributed by atoms with Crippen molar-refractivity contribution in [3.63, 3.8) is 0 Å². The molecule has 3 rings (SSSR count). The number of nitroso groups, excluding NO2 is 1. The Morgan fingerprint density at radius 2 is 1.74 bits per heavy atom. The maximum atomic E-state index is 13.3. The van der Waals surface area contributed by atoms with Crippen molar-refractivity contribution in [2.45, 2.75) is 64.8 Å². The summed E-state index contributed by atoms with van der Waals surface area (Å²) in [5.41, 5.74) is -0.661. The van der Waals surface area contributed by atoms with Gasteiger partial charge >= 0.3 is 12.1 Å². The smallest absolute Gasteiger partial charge is 0.416 e. The number of hydrogen-bond donors (Lipinski definition) is 0. The normalized spacial score (nSPS) is 12.1. The van der Waals surface area contributed by atoms with Crippen molar-refractivity contribution in [1.82, 2.24) is 9.55 Å². The van der Waals surface area contributed by atoms with Gasteiger partial charge in [-0.15, -0.1) is 0 Å². The van der Waals surface area contributed by atoms with E-state index in [-0.39, 0.29) is 30.0 Å². The van der Waals surface area contributed by atoms with Crippen LogP contribution in [-0.4, -0.2) is 21.1 Å². The van der Waals surface area contributed by atoms with Gasteiger partial charge in [0.25, 0.3) is 5.56 Å². The molecular weight excluding hydrogens is 463 g/mol. The van der Waals surface area contributed by atoms with Crippen LogP contribution in [-0.2, 0) is 28.7 Å². The van der Waals surface area contributed by atoms with Crippen molar-refractivity contribution < 1.29 is 22.7 Å². The highest BCUT2D eigenvalue weighted by molar-refractivity contribution is 5.78. The third kappa shape index (κ3) is 6.74. The second-order valence-corrected chi connectivity index (χ2v) is 9.15.